The van der Waals surface area contributed by atoms with E-state index in [2.05, 4.69) is 48.5 Å². The summed E-state index contributed by atoms with van der Waals surface area (Å²) >= 11 is 0. The van der Waals surface area contributed by atoms with Gasteiger partial charge in [0.05, 0.1) is 0 Å². The van der Waals surface area contributed by atoms with Gasteiger partial charge in [-0.15, -0.1) is 0 Å². The number of benzene rings is 2. The molecule has 0 aromatic heterocycles. The van der Waals surface area contributed by atoms with E-state index < -0.39 is 0 Å². The molecule has 0 amide bonds. The first-order valence-electron chi connectivity index (χ1n) is 8.06. The van der Waals surface area contributed by atoms with Crippen molar-refractivity contribution in [2.75, 3.05) is 0 Å². The van der Waals surface area contributed by atoms with Gasteiger partial charge in [-0.2, -0.15) is 0 Å². The summed E-state index contributed by atoms with van der Waals surface area (Å²) in [5, 5.41) is 0. The molecule has 0 radical (unpaired) electrons. The lowest BCUT2D eigenvalue weighted by molar-refractivity contribution is 0.170. The summed E-state index contributed by atoms with van der Waals surface area (Å²) < 4.78 is 0. The number of rotatable bonds is 0. The maximum atomic E-state index is 2.40. The molecule has 100 valence electrons. The first-order chi connectivity index (χ1) is 9.90. The van der Waals surface area contributed by atoms with Crippen molar-refractivity contribution in [3.05, 3.63) is 70.8 Å². The van der Waals surface area contributed by atoms with Crippen LogP contribution in [-0.2, 0) is 12.8 Å². The lowest BCUT2D eigenvalue weighted by Gasteiger charge is -2.49. The molecular weight excluding hydrogens is 240 g/mol. The topological polar surface area (TPSA) is 0 Å². The minimum absolute atomic E-state index is 0.828. The molecule has 20 heavy (non-hydrogen) atoms. The largest absolute Gasteiger partial charge is 0.0620 e. The molecule has 1 saturated carbocycles. The van der Waals surface area contributed by atoms with Crippen molar-refractivity contribution in [1.29, 1.82) is 0 Å². The molecule has 0 nitrogen and oxygen atoms in total. The molecular formula is C20H20. The fourth-order valence-electron chi connectivity index (χ4n) is 5.31. The first kappa shape index (κ1) is 11.1. The van der Waals surface area contributed by atoms with Gasteiger partial charge >= 0.3 is 0 Å². The fraction of sp³-hybridized carbons (Fsp3) is 0.400. The zero-order valence-corrected chi connectivity index (χ0v) is 11.8. The van der Waals surface area contributed by atoms with Gasteiger partial charge in [-0.25, -0.2) is 0 Å². The van der Waals surface area contributed by atoms with Gasteiger partial charge in [-0.3, -0.25) is 0 Å². The smallest absolute Gasteiger partial charge is 0.0125 e. The third-order valence-corrected chi connectivity index (χ3v) is 6.12. The van der Waals surface area contributed by atoms with Crippen LogP contribution in [0.3, 0.4) is 0 Å². The normalized spacial score (nSPS) is 33.2. The maximum absolute atomic E-state index is 2.40. The van der Waals surface area contributed by atoms with Crippen LogP contribution in [0, 0.1) is 11.8 Å². The molecule has 5 rings (SSSR count). The summed E-state index contributed by atoms with van der Waals surface area (Å²) in [5.41, 5.74) is 6.63. The fourth-order valence-corrected chi connectivity index (χ4v) is 5.31. The first-order valence-corrected chi connectivity index (χ1v) is 8.06. The van der Waals surface area contributed by atoms with Crippen molar-refractivity contribution in [3.8, 4) is 0 Å². The summed E-state index contributed by atoms with van der Waals surface area (Å²) in [7, 11) is 0. The van der Waals surface area contributed by atoms with E-state index in [-0.39, 0.29) is 0 Å². The standard InChI is InChI=1S/C20H20/c1-3-7-17-13(5-1)9-15-11-19(17)16-10-14-6-2-4-8-18(14)20(15)12-16/h1-8,15-16,19-20H,9-12H2. The lowest BCUT2D eigenvalue weighted by Crippen LogP contribution is -2.38. The Labute approximate surface area is 120 Å². The van der Waals surface area contributed by atoms with Crippen LogP contribution in [0.5, 0.6) is 0 Å². The van der Waals surface area contributed by atoms with Crippen LogP contribution < -0.4 is 0 Å². The zero-order valence-electron chi connectivity index (χ0n) is 11.8. The van der Waals surface area contributed by atoms with Crippen LogP contribution in [0.25, 0.3) is 0 Å². The Bertz CT molecular complexity index is 610. The molecule has 1 fully saturated rings. The third-order valence-electron chi connectivity index (χ3n) is 6.12. The molecule has 0 saturated heterocycles. The Morgan fingerprint density at radius 3 is 1.55 bits per heavy atom. The van der Waals surface area contributed by atoms with Crippen molar-refractivity contribution in [2.24, 2.45) is 11.8 Å². The second-order valence-electron chi connectivity index (χ2n) is 7.01. The lowest BCUT2D eigenvalue weighted by atomic mass is 9.55. The SMILES string of the molecule is c1ccc2c(c1)CC1CC2C2Cc3ccccc3C1C2. The monoisotopic (exact) mass is 260 g/mol. The van der Waals surface area contributed by atoms with Gasteiger partial charge in [0.2, 0.25) is 0 Å². The molecule has 4 unspecified atom stereocenters. The van der Waals surface area contributed by atoms with Gasteiger partial charge in [0, 0.05) is 0 Å². The van der Waals surface area contributed by atoms with Crippen molar-refractivity contribution in [1.82, 2.24) is 0 Å². The van der Waals surface area contributed by atoms with E-state index in [0.717, 1.165) is 23.7 Å². The Hall–Kier alpha value is -1.56. The van der Waals surface area contributed by atoms with Crippen LogP contribution in [0.1, 0.15) is 46.9 Å². The summed E-state index contributed by atoms with van der Waals surface area (Å²) in [5.74, 6) is 3.42. The van der Waals surface area contributed by atoms with E-state index >= 15 is 0 Å². The van der Waals surface area contributed by atoms with Crippen LogP contribution >= 0.6 is 0 Å². The van der Waals surface area contributed by atoms with Gasteiger partial charge in [0.1, 0.15) is 0 Å². The van der Waals surface area contributed by atoms with Crippen LogP contribution in [0.15, 0.2) is 48.5 Å². The van der Waals surface area contributed by atoms with Gasteiger partial charge in [-0.05, 0) is 71.6 Å². The third kappa shape index (κ3) is 1.43. The van der Waals surface area contributed by atoms with Gasteiger partial charge in [0.25, 0.3) is 0 Å². The molecule has 3 aliphatic carbocycles. The highest BCUT2D eigenvalue weighted by molar-refractivity contribution is 5.41. The summed E-state index contributed by atoms with van der Waals surface area (Å²) in [4.78, 5) is 0. The van der Waals surface area contributed by atoms with E-state index in [1.165, 1.54) is 25.7 Å². The summed E-state index contributed by atoms with van der Waals surface area (Å²) in [6.07, 6.45) is 5.47. The molecule has 4 bridgehead atoms. The van der Waals surface area contributed by atoms with Crippen LogP contribution in [0.2, 0.25) is 0 Å². The summed E-state index contributed by atoms with van der Waals surface area (Å²) in [6, 6.07) is 18.5. The van der Waals surface area contributed by atoms with E-state index in [4.69, 9.17) is 0 Å². The van der Waals surface area contributed by atoms with Crippen LogP contribution in [-0.4, -0.2) is 0 Å². The Kier molecular flexibility index (Phi) is 2.21. The maximum Gasteiger partial charge on any atom is -0.0125 e. The predicted octanol–water partition coefficient (Wildman–Crippen LogP) is 4.69. The molecule has 0 spiro atoms. The van der Waals surface area contributed by atoms with E-state index in [0.29, 0.717) is 0 Å². The average Bonchev–Trinajstić information content (AvgIpc) is 2.52. The van der Waals surface area contributed by atoms with Crippen molar-refractivity contribution in [3.63, 3.8) is 0 Å². The highest BCUT2D eigenvalue weighted by Gasteiger charge is 2.45. The van der Waals surface area contributed by atoms with Gasteiger partial charge in [-0.1, -0.05) is 48.5 Å². The van der Waals surface area contributed by atoms with Crippen molar-refractivity contribution >= 4 is 0 Å². The Morgan fingerprint density at radius 2 is 1.05 bits per heavy atom. The molecule has 2 aromatic carbocycles. The number of fused-ring (bicyclic) bond motifs is 10. The quantitative estimate of drug-likeness (QED) is 0.644. The van der Waals surface area contributed by atoms with Gasteiger partial charge < -0.3 is 0 Å². The molecule has 0 aliphatic heterocycles. The second-order valence-corrected chi connectivity index (χ2v) is 7.01. The van der Waals surface area contributed by atoms with E-state index in [1.54, 1.807) is 22.3 Å². The number of hydrogen-bond donors (Lipinski definition) is 0. The molecule has 2 aromatic rings. The zero-order chi connectivity index (χ0) is 13.1. The van der Waals surface area contributed by atoms with Crippen molar-refractivity contribution in [2.45, 2.75) is 37.5 Å². The Balaban J connectivity index is 1.66. The Morgan fingerprint density at radius 1 is 0.600 bits per heavy atom. The van der Waals surface area contributed by atoms with E-state index in [9.17, 15) is 0 Å². The van der Waals surface area contributed by atoms with E-state index in [1.807, 2.05) is 0 Å². The van der Waals surface area contributed by atoms with Gasteiger partial charge in [0.15, 0.2) is 0 Å². The molecule has 0 heteroatoms. The number of hydrogen-bond acceptors (Lipinski definition) is 0. The average molecular weight is 260 g/mol. The molecule has 3 aliphatic rings. The highest BCUT2D eigenvalue weighted by atomic mass is 14.5. The molecule has 4 atom stereocenters. The minimum atomic E-state index is 0.828. The highest BCUT2D eigenvalue weighted by Crippen LogP contribution is 2.56. The second kappa shape index (κ2) is 3.97. The van der Waals surface area contributed by atoms with Crippen molar-refractivity contribution < 1.29 is 0 Å². The minimum Gasteiger partial charge on any atom is -0.0620 e. The predicted molar refractivity (Wildman–Crippen MR) is 82.0 cm³/mol. The molecule has 0 N–H and O–H groups in total. The van der Waals surface area contributed by atoms with Crippen LogP contribution in [0.4, 0.5) is 0 Å². The summed E-state index contributed by atoms with van der Waals surface area (Å²) in [6.45, 7) is 0. The molecule has 0 heterocycles.